The fraction of sp³-hybridized carbons (Fsp3) is 0.308. The first-order valence-corrected chi connectivity index (χ1v) is 6.59. The number of nitrogens with zero attached hydrogens (tertiary/aromatic N) is 1. The van der Waals surface area contributed by atoms with Gasteiger partial charge in [0.05, 0.1) is 6.54 Å². The number of ketones is 1. The molecule has 1 atom stereocenters. The molecule has 1 aromatic rings. The molecule has 0 aliphatic carbocycles. The zero-order chi connectivity index (χ0) is 14.0. The van der Waals surface area contributed by atoms with Crippen molar-refractivity contribution in [3.8, 4) is 0 Å². The summed E-state index contributed by atoms with van der Waals surface area (Å²) in [6, 6.07) is 5.69. The summed E-state index contributed by atoms with van der Waals surface area (Å²) in [7, 11) is 0. The lowest BCUT2D eigenvalue weighted by Crippen LogP contribution is -2.50. The van der Waals surface area contributed by atoms with Crippen molar-refractivity contribution in [2.45, 2.75) is 18.9 Å². The van der Waals surface area contributed by atoms with E-state index >= 15 is 0 Å². The summed E-state index contributed by atoms with van der Waals surface area (Å²) in [5, 5.41) is 9.12. The number of benzene rings is 1. The van der Waals surface area contributed by atoms with E-state index in [2.05, 4.69) is 15.9 Å². The van der Waals surface area contributed by atoms with Crippen molar-refractivity contribution in [1.82, 2.24) is 4.90 Å². The number of rotatable bonds is 2. The number of carboxylic acids is 1. The maximum Gasteiger partial charge on any atom is 0.326 e. The predicted octanol–water partition coefficient (Wildman–Crippen LogP) is 1.71. The van der Waals surface area contributed by atoms with E-state index in [-0.39, 0.29) is 25.2 Å². The third-order valence-electron chi connectivity index (χ3n) is 3.06. The molecule has 100 valence electrons. The molecule has 0 radical (unpaired) electrons. The van der Waals surface area contributed by atoms with Crippen LogP contribution in [0.5, 0.6) is 0 Å². The lowest BCUT2D eigenvalue weighted by molar-refractivity contribution is -0.144. The lowest BCUT2D eigenvalue weighted by atomic mass is 10.00. The Hall–Kier alpha value is -1.69. The van der Waals surface area contributed by atoms with Gasteiger partial charge >= 0.3 is 5.97 Å². The van der Waals surface area contributed by atoms with Gasteiger partial charge in [0.1, 0.15) is 6.04 Å². The molecule has 0 aromatic heterocycles. The molecule has 0 spiro atoms. The molecular formula is C13H12BrNO4. The van der Waals surface area contributed by atoms with Crippen LogP contribution in [-0.4, -0.2) is 40.3 Å². The molecule has 1 saturated heterocycles. The second-order valence-electron chi connectivity index (χ2n) is 4.37. The average molecular weight is 326 g/mol. The fourth-order valence-electron chi connectivity index (χ4n) is 2.06. The molecule has 1 amide bonds. The lowest BCUT2D eigenvalue weighted by Gasteiger charge is -2.32. The van der Waals surface area contributed by atoms with Gasteiger partial charge < -0.3 is 10.0 Å². The SMILES string of the molecule is O=C1CCC(C(=O)O)N(C(=O)c2ccc(Br)cc2)C1. The van der Waals surface area contributed by atoms with Gasteiger partial charge in [-0.3, -0.25) is 9.59 Å². The van der Waals surface area contributed by atoms with E-state index < -0.39 is 17.9 Å². The molecule has 1 N–H and O–H groups in total. The van der Waals surface area contributed by atoms with Crippen LogP contribution in [0.15, 0.2) is 28.7 Å². The molecule has 2 rings (SSSR count). The minimum Gasteiger partial charge on any atom is -0.480 e. The highest BCUT2D eigenvalue weighted by Gasteiger charge is 2.35. The molecule has 1 unspecified atom stereocenters. The van der Waals surface area contributed by atoms with Crippen LogP contribution in [0.2, 0.25) is 0 Å². The summed E-state index contributed by atoms with van der Waals surface area (Å²) in [6.07, 6.45) is 0.386. The summed E-state index contributed by atoms with van der Waals surface area (Å²) >= 11 is 3.26. The molecule has 0 bridgehead atoms. The van der Waals surface area contributed by atoms with Crippen LogP contribution < -0.4 is 0 Å². The van der Waals surface area contributed by atoms with Crippen LogP contribution in [0, 0.1) is 0 Å². The van der Waals surface area contributed by atoms with Crippen LogP contribution in [-0.2, 0) is 9.59 Å². The van der Waals surface area contributed by atoms with E-state index in [1.807, 2.05) is 0 Å². The summed E-state index contributed by atoms with van der Waals surface area (Å²) in [5.41, 5.74) is 0.379. The number of carboxylic acid groups (broad SMARTS) is 1. The van der Waals surface area contributed by atoms with Crippen molar-refractivity contribution >= 4 is 33.6 Å². The molecule has 1 aliphatic rings. The van der Waals surface area contributed by atoms with Crippen LogP contribution >= 0.6 is 15.9 Å². The van der Waals surface area contributed by atoms with E-state index in [0.29, 0.717) is 5.56 Å². The Labute approximate surface area is 118 Å². The van der Waals surface area contributed by atoms with Gasteiger partial charge in [-0.2, -0.15) is 0 Å². The third-order valence-corrected chi connectivity index (χ3v) is 3.59. The van der Waals surface area contributed by atoms with E-state index in [1.54, 1.807) is 24.3 Å². The van der Waals surface area contributed by atoms with Crippen molar-refractivity contribution in [3.05, 3.63) is 34.3 Å². The summed E-state index contributed by atoms with van der Waals surface area (Å²) in [4.78, 5) is 36.0. The van der Waals surface area contributed by atoms with Crippen molar-refractivity contribution in [2.75, 3.05) is 6.54 Å². The number of carbonyl (C=O) groups excluding carboxylic acids is 2. The van der Waals surface area contributed by atoms with Gasteiger partial charge in [0.15, 0.2) is 5.78 Å². The number of aliphatic carboxylic acids is 1. The molecular weight excluding hydrogens is 314 g/mol. The fourth-order valence-corrected chi connectivity index (χ4v) is 2.33. The van der Waals surface area contributed by atoms with Crippen molar-refractivity contribution in [3.63, 3.8) is 0 Å². The number of hydrogen-bond donors (Lipinski definition) is 1. The molecule has 1 fully saturated rings. The summed E-state index contributed by atoms with van der Waals surface area (Å²) in [5.74, 6) is -1.60. The first-order chi connectivity index (χ1) is 8.99. The maximum absolute atomic E-state index is 12.3. The maximum atomic E-state index is 12.3. The van der Waals surface area contributed by atoms with E-state index in [9.17, 15) is 14.4 Å². The number of hydrogen-bond acceptors (Lipinski definition) is 3. The standard InChI is InChI=1S/C13H12BrNO4/c14-9-3-1-8(2-4-9)12(17)15-7-10(16)5-6-11(15)13(18)19/h1-4,11H,5-7H2,(H,18,19). The van der Waals surface area contributed by atoms with Crippen molar-refractivity contribution in [1.29, 1.82) is 0 Å². The Balaban J connectivity index is 2.26. The van der Waals surface area contributed by atoms with Gasteiger partial charge in [-0.1, -0.05) is 15.9 Å². The highest BCUT2D eigenvalue weighted by molar-refractivity contribution is 9.10. The minimum atomic E-state index is -1.07. The second-order valence-corrected chi connectivity index (χ2v) is 5.29. The van der Waals surface area contributed by atoms with E-state index in [4.69, 9.17) is 5.11 Å². The largest absolute Gasteiger partial charge is 0.480 e. The third kappa shape index (κ3) is 3.01. The van der Waals surface area contributed by atoms with Gasteiger partial charge in [0, 0.05) is 16.5 Å². The Morgan fingerprint density at radius 1 is 1.26 bits per heavy atom. The topological polar surface area (TPSA) is 74.7 Å². The molecule has 6 heteroatoms. The second kappa shape index (κ2) is 5.52. The van der Waals surface area contributed by atoms with Crippen LogP contribution in [0.25, 0.3) is 0 Å². The molecule has 1 heterocycles. The number of Topliss-reactive ketones (excluding diaryl/α,β-unsaturated/α-hetero) is 1. The van der Waals surface area contributed by atoms with Crippen molar-refractivity contribution < 1.29 is 19.5 Å². The highest BCUT2D eigenvalue weighted by atomic mass is 79.9. The van der Waals surface area contributed by atoms with Gasteiger partial charge in [0.25, 0.3) is 5.91 Å². The Morgan fingerprint density at radius 3 is 2.47 bits per heavy atom. The van der Waals surface area contributed by atoms with Gasteiger partial charge in [-0.05, 0) is 30.7 Å². The van der Waals surface area contributed by atoms with Crippen LogP contribution in [0.4, 0.5) is 0 Å². The molecule has 0 saturated carbocycles. The minimum absolute atomic E-state index is 0.108. The van der Waals surface area contributed by atoms with Gasteiger partial charge in [-0.25, -0.2) is 4.79 Å². The number of piperidine rings is 1. The van der Waals surface area contributed by atoms with E-state index in [1.165, 1.54) is 0 Å². The number of halogens is 1. The summed E-state index contributed by atoms with van der Waals surface area (Å²) < 4.78 is 0.827. The van der Waals surface area contributed by atoms with Crippen LogP contribution in [0.3, 0.4) is 0 Å². The zero-order valence-electron chi connectivity index (χ0n) is 10.0. The Kier molecular flexibility index (Phi) is 3.99. The zero-order valence-corrected chi connectivity index (χ0v) is 11.6. The molecule has 19 heavy (non-hydrogen) atoms. The average Bonchev–Trinajstić information content (AvgIpc) is 2.38. The summed E-state index contributed by atoms with van der Waals surface area (Å²) in [6.45, 7) is -0.133. The highest BCUT2D eigenvalue weighted by Crippen LogP contribution is 2.19. The molecule has 5 nitrogen and oxygen atoms in total. The number of amides is 1. The Bertz CT molecular complexity index is 526. The number of likely N-dealkylation sites (tertiary alicyclic amines) is 1. The van der Waals surface area contributed by atoms with Gasteiger partial charge in [0.2, 0.25) is 0 Å². The number of carbonyl (C=O) groups is 3. The first-order valence-electron chi connectivity index (χ1n) is 5.80. The molecule has 1 aliphatic heterocycles. The van der Waals surface area contributed by atoms with E-state index in [0.717, 1.165) is 9.37 Å². The predicted molar refractivity (Wildman–Crippen MR) is 70.8 cm³/mol. The van der Waals surface area contributed by atoms with Gasteiger partial charge in [-0.15, -0.1) is 0 Å². The monoisotopic (exact) mass is 325 g/mol. The van der Waals surface area contributed by atoms with Crippen LogP contribution in [0.1, 0.15) is 23.2 Å². The van der Waals surface area contributed by atoms with Crippen molar-refractivity contribution in [2.24, 2.45) is 0 Å². The normalized spacial score (nSPS) is 19.3. The Morgan fingerprint density at radius 2 is 1.89 bits per heavy atom. The molecule has 1 aromatic carbocycles. The quantitative estimate of drug-likeness (QED) is 0.898. The smallest absolute Gasteiger partial charge is 0.326 e. The first kappa shape index (κ1) is 13.7.